The third kappa shape index (κ3) is 8.92. The molecule has 1 aliphatic rings. The minimum atomic E-state index is -0.614. The van der Waals surface area contributed by atoms with Crippen LogP contribution >= 0.6 is 0 Å². The highest BCUT2D eigenvalue weighted by Crippen LogP contribution is 2.22. The number of hydrogen-bond acceptors (Lipinski definition) is 4. The highest BCUT2D eigenvalue weighted by molar-refractivity contribution is 5.79. The van der Waals surface area contributed by atoms with E-state index in [2.05, 4.69) is 11.9 Å². The van der Waals surface area contributed by atoms with Crippen LogP contribution in [-0.4, -0.2) is 54.3 Å². The van der Waals surface area contributed by atoms with Crippen molar-refractivity contribution < 1.29 is 23.1 Å². The van der Waals surface area contributed by atoms with E-state index in [-0.39, 0.29) is 30.7 Å². The van der Waals surface area contributed by atoms with E-state index in [1.54, 1.807) is 4.90 Å². The molecule has 0 radical (unpaired) electrons. The Bertz CT molecular complexity index is 906. The molecule has 33 heavy (non-hydrogen) atoms. The fraction of sp³-hybridized carbons (Fsp3) is 0.462. The molecule has 0 aliphatic carbocycles. The molecular formula is C26H34F2N2O3. The van der Waals surface area contributed by atoms with Gasteiger partial charge in [0.2, 0.25) is 5.91 Å². The average molecular weight is 461 g/mol. The summed E-state index contributed by atoms with van der Waals surface area (Å²) in [6.45, 7) is 7.50. The maximum atomic E-state index is 14.2. The molecule has 3 rings (SSSR count). The number of ketones is 1. The summed E-state index contributed by atoms with van der Waals surface area (Å²) in [7, 11) is 2.06. The number of rotatable bonds is 7. The fourth-order valence-corrected chi connectivity index (χ4v) is 3.71. The van der Waals surface area contributed by atoms with Gasteiger partial charge in [-0.25, -0.2) is 8.78 Å². The maximum Gasteiger partial charge on any atom is 0.227 e. The molecule has 0 unspecified atom stereocenters. The van der Waals surface area contributed by atoms with Gasteiger partial charge in [0.1, 0.15) is 23.2 Å². The normalized spacial score (nSPS) is 14.2. The summed E-state index contributed by atoms with van der Waals surface area (Å²) < 4.78 is 33.0. The van der Waals surface area contributed by atoms with Crippen molar-refractivity contribution in [3.63, 3.8) is 0 Å². The van der Waals surface area contributed by atoms with Gasteiger partial charge in [-0.2, -0.15) is 0 Å². The maximum absolute atomic E-state index is 14.2. The van der Waals surface area contributed by atoms with Crippen molar-refractivity contribution in [3.05, 3.63) is 65.2 Å². The van der Waals surface area contributed by atoms with Crippen LogP contribution in [0, 0.1) is 11.6 Å². The SMILES string of the molecule is CC(C)=O.CCOc1ccc(CC(=O)N(Cc2ccc(F)cc2F)C2CCN(C)CC2)cc1. The van der Waals surface area contributed by atoms with E-state index in [9.17, 15) is 18.4 Å². The largest absolute Gasteiger partial charge is 0.494 e. The number of carbonyl (C=O) groups excluding carboxylic acids is 2. The van der Waals surface area contributed by atoms with Crippen molar-refractivity contribution in [2.75, 3.05) is 26.7 Å². The second kappa shape index (κ2) is 13.0. The lowest BCUT2D eigenvalue weighted by molar-refractivity contribution is -0.134. The number of halogens is 2. The first-order valence-corrected chi connectivity index (χ1v) is 11.3. The molecule has 2 aromatic rings. The van der Waals surface area contributed by atoms with Crippen LogP contribution in [-0.2, 0) is 22.6 Å². The Kier molecular flexibility index (Phi) is 10.5. The Morgan fingerprint density at radius 1 is 1.06 bits per heavy atom. The third-order valence-electron chi connectivity index (χ3n) is 5.39. The standard InChI is InChI=1S/C23H28F2N2O2.C3H6O/c1-3-29-21-8-4-17(5-9-21)14-23(28)27(20-10-12-26(2)13-11-20)16-18-6-7-19(24)15-22(18)25;1-3(2)4/h4-9,15,20H,3,10-14,16H2,1-2H3;1-2H3. The Balaban J connectivity index is 0.000000890. The average Bonchev–Trinajstić information content (AvgIpc) is 2.75. The summed E-state index contributed by atoms with van der Waals surface area (Å²) in [5, 5.41) is 0. The van der Waals surface area contributed by atoms with E-state index >= 15 is 0 Å². The molecule has 0 aromatic heterocycles. The van der Waals surface area contributed by atoms with Gasteiger partial charge in [0.05, 0.1) is 13.0 Å². The Labute approximate surface area is 195 Å². The van der Waals surface area contributed by atoms with Crippen LogP contribution in [0.1, 0.15) is 44.7 Å². The van der Waals surface area contributed by atoms with Crippen molar-refractivity contribution in [2.24, 2.45) is 0 Å². The van der Waals surface area contributed by atoms with E-state index in [0.717, 1.165) is 43.3 Å². The highest BCUT2D eigenvalue weighted by Gasteiger charge is 2.28. The van der Waals surface area contributed by atoms with E-state index in [1.807, 2.05) is 31.2 Å². The topological polar surface area (TPSA) is 49.9 Å². The molecule has 2 aromatic carbocycles. The van der Waals surface area contributed by atoms with Gasteiger partial charge in [-0.15, -0.1) is 0 Å². The molecule has 0 spiro atoms. The molecule has 1 heterocycles. The number of amides is 1. The van der Waals surface area contributed by atoms with Gasteiger partial charge >= 0.3 is 0 Å². The van der Waals surface area contributed by atoms with Crippen molar-refractivity contribution >= 4 is 11.7 Å². The lowest BCUT2D eigenvalue weighted by Gasteiger charge is -2.37. The molecule has 5 nitrogen and oxygen atoms in total. The molecular weight excluding hydrogens is 426 g/mol. The van der Waals surface area contributed by atoms with Crippen molar-refractivity contribution in [2.45, 2.75) is 52.6 Å². The highest BCUT2D eigenvalue weighted by atomic mass is 19.1. The third-order valence-corrected chi connectivity index (χ3v) is 5.39. The smallest absolute Gasteiger partial charge is 0.227 e. The summed E-state index contributed by atoms with van der Waals surface area (Å²) in [5.41, 5.74) is 1.22. The van der Waals surface area contributed by atoms with Gasteiger partial charge in [-0.05, 0) is 77.5 Å². The quantitative estimate of drug-likeness (QED) is 0.605. The predicted octanol–water partition coefficient (Wildman–Crippen LogP) is 4.62. The molecule has 1 fully saturated rings. The van der Waals surface area contributed by atoms with Crippen molar-refractivity contribution in [3.8, 4) is 5.75 Å². The van der Waals surface area contributed by atoms with Crippen molar-refractivity contribution in [1.82, 2.24) is 9.80 Å². The minimum Gasteiger partial charge on any atom is -0.494 e. The van der Waals surface area contributed by atoms with E-state index < -0.39 is 11.6 Å². The van der Waals surface area contributed by atoms with Gasteiger partial charge in [-0.3, -0.25) is 4.79 Å². The minimum absolute atomic E-state index is 0.0471. The first kappa shape index (κ1) is 26.5. The number of Topliss-reactive ketones (excluding diaryl/α,β-unsaturated/α-hetero) is 1. The van der Waals surface area contributed by atoms with Crippen LogP contribution in [0.25, 0.3) is 0 Å². The van der Waals surface area contributed by atoms with Gasteiger partial charge in [-0.1, -0.05) is 18.2 Å². The van der Waals surface area contributed by atoms with Crippen LogP contribution < -0.4 is 4.74 Å². The van der Waals surface area contributed by atoms with E-state index in [1.165, 1.54) is 26.0 Å². The number of piperidine rings is 1. The lowest BCUT2D eigenvalue weighted by Crippen LogP contribution is -2.46. The Morgan fingerprint density at radius 3 is 2.21 bits per heavy atom. The molecule has 0 bridgehead atoms. The zero-order valence-electron chi connectivity index (χ0n) is 19.9. The first-order chi connectivity index (χ1) is 15.7. The van der Waals surface area contributed by atoms with Gasteiger partial charge in [0.15, 0.2) is 0 Å². The number of benzene rings is 2. The molecule has 180 valence electrons. The second-order valence-corrected chi connectivity index (χ2v) is 8.45. The molecule has 7 heteroatoms. The molecule has 1 saturated heterocycles. The summed E-state index contributed by atoms with van der Waals surface area (Å²) in [4.78, 5) is 26.6. The van der Waals surface area contributed by atoms with Crippen LogP contribution in [0.2, 0.25) is 0 Å². The van der Waals surface area contributed by atoms with Crippen LogP contribution in [0.4, 0.5) is 8.78 Å². The number of hydrogen-bond donors (Lipinski definition) is 0. The number of likely N-dealkylation sites (tertiary alicyclic amines) is 1. The monoisotopic (exact) mass is 460 g/mol. The zero-order chi connectivity index (χ0) is 24.4. The number of ether oxygens (including phenoxy) is 1. The zero-order valence-corrected chi connectivity index (χ0v) is 19.9. The summed E-state index contributed by atoms with van der Waals surface area (Å²) in [6, 6.07) is 11.1. The van der Waals surface area contributed by atoms with E-state index in [4.69, 9.17) is 4.74 Å². The summed E-state index contributed by atoms with van der Waals surface area (Å²) in [5.74, 6) is -0.341. The van der Waals surface area contributed by atoms with E-state index in [0.29, 0.717) is 12.2 Å². The second-order valence-electron chi connectivity index (χ2n) is 8.45. The predicted molar refractivity (Wildman–Crippen MR) is 125 cm³/mol. The van der Waals surface area contributed by atoms with Crippen LogP contribution in [0.15, 0.2) is 42.5 Å². The van der Waals surface area contributed by atoms with Crippen molar-refractivity contribution in [1.29, 1.82) is 0 Å². The first-order valence-electron chi connectivity index (χ1n) is 11.3. The molecule has 0 saturated carbocycles. The van der Waals surface area contributed by atoms with Gasteiger partial charge in [0.25, 0.3) is 0 Å². The molecule has 1 amide bonds. The van der Waals surface area contributed by atoms with Crippen LogP contribution in [0.3, 0.4) is 0 Å². The Hall–Kier alpha value is -2.80. The molecule has 0 atom stereocenters. The summed E-state index contributed by atoms with van der Waals surface area (Å²) >= 11 is 0. The fourth-order valence-electron chi connectivity index (χ4n) is 3.71. The van der Waals surface area contributed by atoms with Crippen LogP contribution in [0.5, 0.6) is 5.75 Å². The van der Waals surface area contributed by atoms with Gasteiger partial charge < -0.3 is 19.3 Å². The number of carbonyl (C=O) groups is 2. The molecule has 0 N–H and O–H groups in total. The Morgan fingerprint density at radius 2 is 1.67 bits per heavy atom. The van der Waals surface area contributed by atoms with Gasteiger partial charge in [0, 0.05) is 24.2 Å². The molecule has 1 aliphatic heterocycles. The number of nitrogens with zero attached hydrogens (tertiary/aromatic N) is 2. The summed E-state index contributed by atoms with van der Waals surface area (Å²) in [6.07, 6.45) is 1.92. The lowest BCUT2D eigenvalue weighted by atomic mass is 10.0.